The standard InChI is InChI=1S/C20H22FO7P/c21-18(20(24)25)11-17(19(22)23)14-29(26,27-12-15-7-3-1-4-8-15)28-13-16-9-5-2-6-10-16/h1-10,17-18H,11-14H2,(H,22,23)(H,24,25)/t17-,18-/m1/s1. The van der Waals surface area contributed by atoms with Crippen molar-refractivity contribution in [2.24, 2.45) is 5.92 Å². The lowest BCUT2D eigenvalue weighted by atomic mass is 10.1. The number of alkyl halides is 1. The lowest BCUT2D eigenvalue weighted by molar-refractivity contribution is -0.146. The molecule has 2 N–H and O–H groups in total. The predicted molar refractivity (Wildman–Crippen MR) is 103 cm³/mol. The van der Waals surface area contributed by atoms with Crippen molar-refractivity contribution >= 4 is 19.5 Å². The lowest BCUT2D eigenvalue weighted by Gasteiger charge is -2.22. The lowest BCUT2D eigenvalue weighted by Crippen LogP contribution is -2.27. The number of hydrogen-bond donors (Lipinski definition) is 2. The molecule has 2 atom stereocenters. The predicted octanol–water partition coefficient (Wildman–Crippen LogP) is 4.13. The second-order valence-corrected chi connectivity index (χ2v) is 8.49. The first-order chi connectivity index (χ1) is 13.8. The first-order valence-corrected chi connectivity index (χ1v) is 10.6. The van der Waals surface area contributed by atoms with Crippen molar-refractivity contribution in [1.29, 1.82) is 0 Å². The molecule has 0 saturated heterocycles. The van der Waals surface area contributed by atoms with E-state index in [4.69, 9.17) is 14.2 Å². The Morgan fingerprint density at radius 2 is 1.31 bits per heavy atom. The normalized spacial score (nSPS) is 13.6. The van der Waals surface area contributed by atoms with Crippen LogP contribution < -0.4 is 0 Å². The van der Waals surface area contributed by atoms with Crippen LogP contribution in [0.3, 0.4) is 0 Å². The molecule has 0 saturated carbocycles. The van der Waals surface area contributed by atoms with Gasteiger partial charge in [0.05, 0.1) is 25.3 Å². The fraction of sp³-hybridized carbons (Fsp3) is 0.300. The highest BCUT2D eigenvalue weighted by molar-refractivity contribution is 7.53. The van der Waals surface area contributed by atoms with Crippen molar-refractivity contribution in [1.82, 2.24) is 0 Å². The molecule has 9 heteroatoms. The maximum atomic E-state index is 13.6. The molecule has 0 spiro atoms. The van der Waals surface area contributed by atoms with Crippen molar-refractivity contribution < 1.29 is 37.8 Å². The number of carboxylic acids is 2. The minimum absolute atomic E-state index is 0.1000. The third-order valence-electron chi connectivity index (χ3n) is 4.09. The zero-order chi connectivity index (χ0) is 21.3. The first-order valence-electron chi connectivity index (χ1n) is 8.85. The van der Waals surface area contributed by atoms with E-state index in [0.717, 1.165) is 0 Å². The minimum atomic E-state index is -3.99. The van der Waals surface area contributed by atoms with Crippen LogP contribution in [0.2, 0.25) is 0 Å². The molecule has 0 aliphatic heterocycles. The second-order valence-electron chi connectivity index (χ2n) is 6.39. The molecular formula is C20H22FO7P. The molecular weight excluding hydrogens is 402 g/mol. The van der Waals surface area contributed by atoms with Gasteiger partial charge in [0.15, 0.2) is 6.17 Å². The van der Waals surface area contributed by atoms with Crippen LogP contribution in [0, 0.1) is 5.92 Å². The van der Waals surface area contributed by atoms with E-state index < -0.39 is 44.2 Å². The summed E-state index contributed by atoms with van der Waals surface area (Å²) in [4.78, 5) is 22.2. The van der Waals surface area contributed by atoms with Crippen LogP contribution in [0.1, 0.15) is 17.5 Å². The van der Waals surface area contributed by atoms with Crippen LogP contribution in [0.15, 0.2) is 60.7 Å². The van der Waals surface area contributed by atoms with Crippen molar-refractivity contribution in [2.45, 2.75) is 25.8 Å². The smallest absolute Gasteiger partial charge is 0.338 e. The summed E-state index contributed by atoms with van der Waals surface area (Å²) in [6.45, 7) is -0.200. The van der Waals surface area contributed by atoms with E-state index in [2.05, 4.69) is 0 Å². The van der Waals surface area contributed by atoms with Gasteiger partial charge >= 0.3 is 19.5 Å². The van der Waals surface area contributed by atoms with Gasteiger partial charge in [0, 0.05) is 6.42 Å². The molecule has 0 amide bonds. The average Bonchev–Trinajstić information content (AvgIpc) is 2.72. The van der Waals surface area contributed by atoms with Gasteiger partial charge in [-0.05, 0) is 11.1 Å². The fourth-order valence-electron chi connectivity index (χ4n) is 2.51. The zero-order valence-corrected chi connectivity index (χ0v) is 16.4. The first kappa shape index (κ1) is 22.7. The van der Waals surface area contributed by atoms with Crippen molar-refractivity contribution in [3.8, 4) is 0 Å². The van der Waals surface area contributed by atoms with Crippen LogP contribution in [-0.2, 0) is 36.4 Å². The number of benzene rings is 2. The summed E-state index contributed by atoms with van der Waals surface area (Å²) in [5.74, 6) is -4.79. The Balaban J connectivity index is 2.15. The molecule has 29 heavy (non-hydrogen) atoms. The third-order valence-corrected chi connectivity index (χ3v) is 6.03. The van der Waals surface area contributed by atoms with E-state index in [1.54, 1.807) is 60.7 Å². The molecule has 2 aromatic carbocycles. The SMILES string of the molecule is O=C(O)[C@H](C[C@@H](F)C(=O)O)CP(=O)(OCc1ccccc1)OCc1ccccc1. The fourth-order valence-corrected chi connectivity index (χ4v) is 4.33. The van der Waals surface area contributed by atoms with Crippen LogP contribution in [0.5, 0.6) is 0 Å². The van der Waals surface area contributed by atoms with Gasteiger partial charge < -0.3 is 19.3 Å². The molecule has 0 radical (unpaired) electrons. The van der Waals surface area contributed by atoms with Gasteiger partial charge in [0.2, 0.25) is 0 Å². The molecule has 0 fully saturated rings. The Labute approximate surface area is 167 Å². The van der Waals surface area contributed by atoms with Crippen LogP contribution in [-0.4, -0.2) is 34.5 Å². The molecule has 0 bridgehead atoms. The number of aliphatic carboxylic acids is 2. The third kappa shape index (κ3) is 7.77. The van der Waals surface area contributed by atoms with Gasteiger partial charge in [-0.3, -0.25) is 9.36 Å². The number of carboxylic acid groups (broad SMARTS) is 2. The van der Waals surface area contributed by atoms with Gasteiger partial charge in [0.25, 0.3) is 0 Å². The molecule has 2 aromatic rings. The van der Waals surface area contributed by atoms with E-state index in [9.17, 15) is 23.7 Å². The van der Waals surface area contributed by atoms with Crippen molar-refractivity contribution in [3.63, 3.8) is 0 Å². The van der Waals surface area contributed by atoms with Crippen molar-refractivity contribution in [3.05, 3.63) is 71.8 Å². The van der Waals surface area contributed by atoms with Gasteiger partial charge in [0.1, 0.15) is 0 Å². The summed E-state index contributed by atoms with van der Waals surface area (Å²) < 4.78 is 37.7. The van der Waals surface area contributed by atoms with Crippen LogP contribution >= 0.6 is 7.60 Å². The summed E-state index contributed by atoms with van der Waals surface area (Å²) in [6, 6.07) is 17.6. The number of hydrogen-bond acceptors (Lipinski definition) is 5. The molecule has 0 aliphatic carbocycles. The maximum absolute atomic E-state index is 13.6. The summed E-state index contributed by atoms with van der Waals surface area (Å²) in [5.41, 5.74) is 1.38. The van der Waals surface area contributed by atoms with E-state index >= 15 is 0 Å². The molecule has 156 valence electrons. The summed E-state index contributed by atoms with van der Waals surface area (Å²) >= 11 is 0. The molecule has 0 unspecified atom stereocenters. The number of carbonyl (C=O) groups is 2. The van der Waals surface area contributed by atoms with Gasteiger partial charge in [-0.25, -0.2) is 9.18 Å². The van der Waals surface area contributed by atoms with E-state index in [1.807, 2.05) is 0 Å². The Hall–Kier alpha value is -2.54. The molecule has 2 rings (SSSR count). The summed E-state index contributed by atoms with van der Waals surface area (Å²) in [6.07, 6.45) is -3.87. The Morgan fingerprint density at radius 3 is 1.69 bits per heavy atom. The van der Waals surface area contributed by atoms with E-state index in [1.165, 1.54) is 0 Å². The molecule has 0 aromatic heterocycles. The summed E-state index contributed by atoms with van der Waals surface area (Å²) in [5, 5.41) is 18.1. The number of halogens is 1. The maximum Gasteiger partial charge on any atom is 0.338 e. The minimum Gasteiger partial charge on any atom is -0.481 e. The Morgan fingerprint density at radius 1 is 0.862 bits per heavy atom. The summed E-state index contributed by atoms with van der Waals surface area (Å²) in [7, 11) is -3.99. The van der Waals surface area contributed by atoms with Gasteiger partial charge in [-0.15, -0.1) is 0 Å². The molecule has 0 heterocycles. The highest BCUT2D eigenvalue weighted by atomic mass is 31.2. The Bertz CT molecular complexity index is 797. The second kappa shape index (κ2) is 10.9. The van der Waals surface area contributed by atoms with E-state index in [-0.39, 0.29) is 13.2 Å². The quantitative estimate of drug-likeness (QED) is 0.493. The van der Waals surface area contributed by atoms with Gasteiger partial charge in [-0.2, -0.15) is 0 Å². The highest BCUT2D eigenvalue weighted by Crippen LogP contribution is 2.52. The molecule has 0 aliphatic rings. The van der Waals surface area contributed by atoms with Gasteiger partial charge in [-0.1, -0.05) is 60.7 Å². The topological polar surface area (TPSA) is 110 Å². The molecule has 7 nitrogen and oxygen atoms in total. The highest BCUT2D eigenvalue weighted by Gasteiger charge is 2.36. The Kier molecular flexibility index (Phi) is 8.51. The average molecular weight is 424 g/mol. The zero-order valence-electron chi connectivity index (χ0n) is 15.5. The monoisotopic (exact) mass is 424 g/mol. The number of rotatable bonds is 12. The van der Waals surface area contributed by atoms with Crippen LogP contribution in [0.25, 0.3) is 0 Å². The van der Waals surface area contributed by atoms with Crippen LogP contribution in [0.4, 0.5) is 4.39 Å². The largest absolute Gasteiger partial charge is 0.481 e. The van der Waals surface area contributed by atoms with Crippen molar-refractivity contribution in [2.75, 3.05) is 6.16 Å². The van der Waals surface area contributed by atoms with E-state index in [0.29, 0.717) is 11.1 Å².